The molecule has 1 aliphatic heterocycles. The fraction of sp³-hybridized carbons (Fsp3) is 0.407. The molecule has 4 rings (SSSR count). The standard InChI is InChI=1S/C27H32N2O5/c1-4-34-27(31)19-8-7-13-29(17-19)26(30)15-21(18-11-12-24(32-2)25(14-18)33-3)22-16-28-23-10-6-5-9-20(22)23/h5-6,9-12,14,16,19,21,28H,4,7-8,13,15,17H2,1-3H3/t19-,21+/m1/s1. The monoisotopic (exact) mass is 464 g/mol. The van der Waals surface area contributed by atoms with Crippen LogP contribution in [0.5, 0.6) is 11.5 Å². The number of carbonyl (C=O) groups is 2. The van der Waals surface area contributed by atoms with Crippen molar-refractivity contribution < 1.29 is 23.8 Å². The van der Waals surface area contributed by atoms with Crippen LogP contribution in [-0.2, 0) is 14.3 Å². The third-order valence-corrected chi connectivity index (χ3v) is 6.58. The number of amides is 1. The Hall–Kier alpha value is -3.48. The predicted molar refractivity (Wildman–Crippen MR) is 130 cm³/mol. The molecule has 0 aliphatic carbocycles. The number of carbonyl (C=O) groups excluding carboxylic acids is 2. The normalized spacial score (nSPS) is 16.8. The molecule has 1 N–H and O–H groups in total. The summed E-state index contributed by atoms with van der Waals surface area (Å²) in [6.45, 7) is 3.22. The first-order valence-corrected chi connectivity index (χ1v) is 11.8. The number of rotatable bonds is 8. The number of fused-ring (bicyclic) bond motifs is 1. The summed E-state index contributed by atoms with van der Waals surface area (Å²) in [6.07, 6.45) is 3.82. The third kappa shape index (κ3) is 4.88. The lowest BCUT2D eigenvalue weighted by molar-refractivity contribution is -0.151. The Morgan fingerprint density at radius 3 is 2.68 bits per heavy atom. The minimum absolute atomic E-state index is 0.0269. The molecule has 2 heterocycles. The van der Waals surface area contributed by atoms with Crippen molar-refractivity contribution in [3.05, 3.63) is 59.8 Å². The summed E-state index contributed by atoms with van der Waals surface area (Å²) in [7, 11) is 3.21. The summed E-state index contributed by atoms with van der Waals surface area (Å²) >= 11 is 0. The van der Waals surface area contributed by atoms with E-state index in [0.29, 0.717) is 31.2 Å². The van der Waals surface area contributed by atoms with E-state index in [1.807, 2.05) is 47.5 Å². The molecule has 1 aromatic heterocycles. The minimum Gasteiger partial charge on any atom is -0.493 e. The number of nitrogens with one attached hydrogen (secondary N) is 1. The number of para-hydroxylation sites is 1. The molecule has 1 amide bonds. The number of piperidine rings is 1. The molecular formula is C27H32N2O5. The average molecular weight is 465 g/mol. The zero-order valence-electron chi connectivity index (χ0n) is 20.0. The third-order valence-electron chi connectivity index (χ3n) is 6.58. The number of ether oxygens (including phenoxy) is 3. The molecule has 34 heavy (non-hydrogen) atoms. The molecule has 1 fully saturated rings. The molecule has 7 nitrogen and oxygen atoms in total. The van der Waals surface area contributed by atoms with Crippen LogP contribution in [-0.4, -0.2) is 55.7 Å². The van der Waals surface area contributed by atoms with Gasteiger partial charge in [-0.3, -0.25) is 9.59 Å². The van der Waals surface area contributed by atoms with Crippen molar-refractivity contribution >= 4 is 22.8 Å². The van der Waals surface area contributed by atoms with E-state index in [1.165, 1.54) is 0 Å². The molecule has 0 bridgehead atoms. The number of hydrogen-bond acceptors (Lipinski definition) is 5. The van der Waals surface area contributed by atoms with Gasteiger partial charge in [0, 0.05) is 42.5 Å². The maximum absolute atomic E-state index is 13.5. The fourth-order valence-corrected chi connectivity index (χ4v) is 4.82. The number of nitrogens with zero attached hydrogens (tertiary/aromatic N) is 1. The lowest BCUT2D eigenvalue weighted by atomic mass is 9.87. The lowest BCUT2D eigenvalue weighted by Gasteiger charge is -2.32. The number of likely N-dealkylation sites (tertiary alicyclic amines) is 1. The van der Waals surface area contributed by atoms with Gasteiger partial charge < -0.3 is 24.1 Å². The van der Waals surface area contributed by atoms with Gasteiger partial charge in [0.05, 0.1) is 26.7 Å². The van der Waals surface area contributed by atoms with Gasteiger partial charge in [-0.05, 0) is 49.1 Å². The van der Waals surface area contributed by atoms with E-state index in [0.717, 1.165) is 34.9 Å². The Kier molecular flexibility index (Phi) is 7.40. The van der Waals surface area contributed by atoms with E-state index < -0.39 is 0 Å². The summed E-state index contributed by atoms with van der Waals surface area (Å²) in [6, 6.07) is 13.9. The average Bonchev–Trinajstić information content (AvgIpc) is 3.31. The molecule has 2 atom stereocenters. The van der Waals surface area contributed by atoms with Gasteiger partial charge in [0.2, 0.25) is 5.91 Å². The van der Waals surface area contributed by atoms with Crippen molar-refractivity contribution in [2.75, 3.05) is 33.9 Å². The Morgan fingerprint density at radius 1 is 1.12 bits per heavy atom. The van der Waals surface area contributed by atoms with E-state index in [1.54, 1.807) is 21.1 Å². The molecule has 0 radical (unpaired) electrons. The zero-order valence-corrected chi connectivity index (χ0v) is 20.0. The number of aromatic nitrogens is 1. The van der Waals surface area contributed by atoms with E-state index in [2.05, 4.69) is 11.1 Å². The lowest BCUT2D eigenvalue weighted by Crippen LogP contribution is -2.43. The molecule has 0 unspecified atom stereocenters. The van der Waals surface area contributed by atoms with Gasteiger partial charge in [-0.25, -0.2) is 0 Å². The SMILES string of the molecule is CCOC(=O)[C@@H]1CCCN(C(=O)C[C@@H](c2ccc(OC)c(OC)c2)c2c[nH]c3ccccc23)C1. The van der Waals surface area contributed by atoms with Crippen molar-refractivity contribution in [3.8, 4) is 11.5 Å². The molecule has 1 saturated heterocycles. The second-order valence-corrected chi connectivity index (χ2v) is 8.59. The van der Waals surface area contributed by atoms with Crippen LogP contribution in [0, 0.1) is 5.92 Å². The van der Waals surface area contributed by atoms with Crippen LogP contribution in [0.1, 0.15) is 43.2 Å². The highest BCUT2D eigenvalue weighted by Crippen LogP contribution is 2.38. The van der Waals surface area contributed by atoms with Crippen LogP contribution in [0.3, 0.4) is 0 Å². The molecule has 7 heteroatoms. The number of H-pyrrole nitrogens is 1. The molecule has 2 aromatic carbocycles. The number of hydrogen-bond donors (Lipinski definition) is 1. The van der Waals surface area contributed by atoms with Crippen LogP contribution in [0.15, 0.2) is 48.7 Å². The summed E-state index contributed by atoms with van der Waals surface area (Å²) in [5.41, 5.74) is 3.04. The Balaban J connectivity index is 1.65. The van der Waals surface area contributed by atoms with Crippen LogP contribution >= 0.6 is 0 Å². The van der Waals surface area contributed by atoms with Crippen LogP contribution in [0.4, 0.5) is 0 Å². The maximum Gasteiger partial charge on any atom is 0.310 e. The van der Waals surface area contributed by atoms with Crippen molar-refractivity contribution in [1.82, 2.24) is 9.88 Å². The summed E-state index contributed by atoms with van der Waals surface area (Å²) in [5.74, 6) is 0.630. The van der Waals surface area contributed by atoms with E-state index in [-0.39, 0.29) is 30.1 Å². The second-order valence-electron chi connectivity index (χ2n) is 8.59. The van der Waals surface area contributed by atoms with Crippen molar-refractivity contribution in [1.29, 1.82) is 0 Å². The quantitative estimate of drug-likeness (QED) is 0.496. The van der Waals surface area contributed by atoms with Crippen LogP contribution in [0.2, 0.25) is 0 Å². The van der Waals surface area contributed by atoms with Gasteiger partial charge >= 0.3 is 5.97 Å². The van der Waals surface area contributed by atoms with Crippen molar-refractivity contribution in [2.24, 2.45) is 5.92 Å². The van der Waals surface area contributed by atoms with Crippen LogP contribution < -0.4 is 9.47 Å². The summed E-state index contributed by atoms with van der Waals surface area (Å²) in [5, 5.41) is 1.08. The first-order valence-electron chi connectivity index (χ1n) is 11.8. The summed E-state index contributed by atoms with van der Waals surface area (Å²) < 4.78 is 16.2. The number of methoxy groups -OCH3 is 2. The minimum atomic E-state index is -0.259. The number of esters is 1. The van der Waals surface area contributed by atoms with E-state index in [9.17, 15) is 9.59 Å². The highest BCUT2D eigenvalue weighted by Gasteiger charge is 2.31. The second kappa shape index (κ2) is 10.6. The number of benzene rings is 2. The molecule has 0 saturated carbocycles. The molecular weight excluding hydrogens is 432 g/mol. The van der Waals surface area contributed by atoms with Gasteiger partial charge in [-0.2, -0.15) is 0 Å². The van der Waals surface area contributed by atoms with Crippen molar-refractivity contribution in [3.63, 3.8) is 0 Å². The van der Waals surface area contributed by atoms with Gasteiger partial charge in [0.15, 0.2) is 11.5 Å². The Bertz CT molecular complexity index is 1150. The fourth-order valence-electron chi connectivity index (χ4n) is 4.82. The molecule has 180 valence electrons. The Morgan fingerprint density at radius 2 is 1.91 bits per heavy atom. The molecule has 3 aromatic rings. The van der Waals surface area contributed by atoms with Crippen LogP contribution in [0.25, 0.3) is 10.9 Å². The highest BCUT2D eigenvalue weighted by atomic mass is 16.5. The maximum atomic E-state index is 13.5. The van der Waals surface area contributed by atoms with Gasteiger partial charge in [0.25, 0.3) is 0 Å². The largest absolute Gasteiger partial charge is 0.493 e. The predicted octanol–water partition coefficient (Wildman–Crippen LogP) is 4.51. The summed E-state index contributed by atoms with van der Waals surface area (Å²) in [4.78, 5) is 31.0. The van der Waals surface area contributed by atoms with Crippen molar-refractivity contribution in [2.45, 2.75) is 32.1 Å². The van der Waals surface area contributed by atoms with E-state index in [4.69, 9.17) is 14.2 Å². The Labute approximate surface area is 200 Å². The first-order chi connectivity index (χ1) is 16.5. The van der Waals surface area contributed by atoms with E-state index >= 15 is 0 Å². The van der Waals surface area contributed by atoms with Gasteiger partial charge in [0.1, 0.15) is 0 Å². The molecule has 0 spiro atoms. The number of aromatic amines is 1. The van der Waals surface area contributed by atoms with Gasteiger partial charge in [-0.1, -0.05) is 24.3 Å². The first kappa shape index (κ1) is 23.7. The zero-order chi connectivity index (χ0) is 24.1. The molecule has 1 aliphatic rings. The van der Waals surface area contributed by atoms with Gasteiger partial charge in [-0.15, -0.1) is 0 Å². The highest BCUT2D eigenvalue weighted by molar-refractivity contribution is 5.86. The smallest absolute Gasteiger partial charge is 0.310 e. The topological polar surface area (TPSA) is 80.9 Å².